The Morgan fingerprint density at radius 1 is 1.25 bits per heavy atom. The maximum atomic E-state index is 11.6. The minimum atomic E-state index is -1.07. The van der Waals surface area contributed by atoms with E-state index in [0.29, 0.717) is 12.8 Å². The summed E-state index contributed by atoms with van der Waals surface area (Å²) in [6.45, 7) is 5.27. The zero-order valence-electron chi connectivity index (χ0n) is 12.3. The van der Waals surface area contributed by atoms with E-state index in [4.69, 9.17) is 10.8 Å². The van der Waals surface area contributed by atoms with Gasteiger partial charge >= 0.3 is 5.97 Å². The van der Waals surface area contributed by atoms with Gasteiger partial charge in [-0.2, -0.15) is 0 Å². The fraction of sp³-hybridized carbons (Fsp3) is 0.769. The van der Waals surface area contributed by atoms with Crippen LogP contribution in [0.3, 0.4) is 0 Å². The van der Waals surface area contributed by atoms with E-state index in [9.17, 15) is 14.4 Å². The Balaban J connectivity index is 4.20. The van der Waals surface area contributed by atoms with Crippen molar-refractivity contribution in [2.75, 3.05) is 6.54 Å². The Morgan fingerprint density at radius 3 is 2.30 bits per heavy atom. The summed E-state index contributed by atoms with van der Waals surface area (Å²) < 4.78 is 0. The van der Waals surface area contributed by atoms with Gasteiger partial charge in [-0.3, -0.25) is 9.59 Å². The Kier molecular flexibility index (Phi) is 8.54. The molecule has 0 spiro atoms. The number of carboxylic acid groups (broad SMARTS) is 1. The summed E-state index contributed by atoms with van der Waals surface area (Å²) in [4.78, 5) is 34.1. The molecule has 0 saturated carbocycles. The first-order valence-electron chi connectivity index (χ1n) is 6.85. The molecule has 0 aromatic rings. The normalized spacial score (nSPS) is 13.7. The van der Waals surface area contributed by atoms with Gasteiger partial charge in [0.05, 0.1) is 12.6 Å². The van der Waals surface area contributed by atoms with Crippen LogP contribution in [0, 0.1) is 5.92 Å². The highest BCUT2D eigenvalue weighted by Crippen LogP contribution is 2.01. The lowest BCUT2D eigenvalue weighted by molar-refractivity contribution is -0.142. The van der Waals surface area contributed by atoms with Gasteiger partial charge in [0.2, 0.25) is 11.8 Å². The van der Waals surface area contributed by atoms with Crippen molar-refractivity contribution in [2.24, 2.45) is 11.7 Å². The van der Waals surface area contributed by atoms with Crippen molar-refractivity contribution in [2.45, 2.75) is 52.1 Å². The molecule has 0 aliphatic rings. The number of unbranched alkanes of at least 4 members (excludes halogenated alkanes) is 1. The number of nitrogens with one attached hydrogen (secondary N) is 2. The lowest BCUT2D eigenvalue weighted by Gasteiger charge is -2.17. The Bertz CT molecular complexity index is 345. The number of rotatable bonds is 9. The molecule has 0 fully saturated rings. The van der Waals surface area contributed by atoms with Crippen molar-refractivity contribution in [3.8, 4) is 0 Å². The minimum absolute atomic E-state index is 0.0330. The van der Waals surface area contributed by atoms with Gasteiger partial charge in [0.15, 0.2) is 0 Å². The van der Waals surface area contributed by atoms with Gasteiger partial charge in [-0.05, 0) is 12.3 Å². The van der Waals surface area contributed by atoms with E-state index in [1.165, 1.54) is 0 Å². The van der Waals surface area contributed by atoms with Crippen LogP contribution >= 0.6 is 0 Å². The molecule has 5 N–H and O–H groups in total. The summed E-state index contributed by atoms with van der Waals surface area (Å²) in [5.41, 5.74) is 5.62. The van der Waals surface area contributed by atoms with E-state index in [0.717, 1.165) is 6.42 Å². The van der Waals surface area contributed by atoms with E-state index >= 15 is 0 Å². The van der Waals surface area contributed by atoms with Crippen LogP contribution in [0.25, 0.3) is 0 Å². The maximum absolute atomic E-state index is 11.6. The highest BCUT2D eigenvalue weighted by atomic mass is 16.4. The van der Waals surface area contributed by atoms with Gasteiger partial charge < -0.3 is 21.5 Å². The van der Waals surface area contributed by atoms with Crippen LogP contribution in [0.2, 0.25) is 0 Å². The molecule has 2 amide bonds. The van der Waals surface area contributed by atoms with Gasteiger partial charge in [-0.25, -0.2) is 4.79 Å². The van der Waals surface area contributed by atoms with Crippen molar-refractivity contribution in [3.63, 3.8) is 0 Å². The molecule has 0 bridgehead atoms. The molecule has 116 valence electrons. The highest BCUT2D eigenvalue weighted by molar-refractivity contribution is 5.89. The molecule has 0 saturated heterocycles. The number of carbonyl (C=O) groups excluding carboxylic acids is 2. The Labute approximate surface area is 119 Å². The Morgan fingerprint density at radius 2 is 1.85 bits per heavy atom. The van der Waals surface area contributed by atoms with Gasteiger partial charge in [-0.15, -0.1) is 0 Å². The van der Waals surface area contributed by atoms with Gasteiger partial charge in [0.1, 0.15) is 6.04 Å². The van der Waals surface area contributed by atoms with Crippen LogP contribution in [0.5, 0.6) is 0 Å². The van der Waals surface area contributed by atoms with E-state index in [2.05, 4.69) is 10.6 Å². The van der Waals surface area contributed by atoms with Crippen LogP contribution < -0.4 is 16.4 Å². The predicted octanol–water partition coefficient (Wildman–Crippen LogP) is -0.154. The van der Waals surface area contributed by atoms with Crippen LogP contribution in [0.4, 0.5) is 0 Å². The third kappa shape index (κ3) is 7.08. The third-order valence-electron chi connectivity index (χ3n) is 2.92. The number of carbonyl (C=O) groups is 3. The molecule has 7 nitrogen and oxygen atoms in total. The van der Waals surface area contributed by atoms with Crippen LogP contribution in [0.15, 0.2) is 0 Å². The first-order valence-corrected chi connectivity index (χ1v) is 6.85. The third-order valence-corrected chi connectivity index (χ3v) is 2.92. The quantitative estimate of drug-likeness (QED) is 0.469. The Hall–Kier alpha value is -1.63. The second-order valence-corrected chi connectivity index (χ2v) is 5.09. The number of aliphatic carboxylic acids is 1. The van der Waals surface area contributed by atoms with Gasteiger partial charge in [-0.1, -0.05) is 33.6 Å². The van der Waals surface area contributed by atoms with Crippen molar-refractivity contribution < 1.29 is 19.5 Å². The summed E-state index contributed by atoms with van der Waals surface area (Å²) in [5, 5.41) is 13.7. The van der Waals surface area contributed by atoms with Gasteiger partial charge in [0, 0.05) is 0 Å². The summed E-state index contributed by atoms with van der Waals surface area (Å²) in [6.07, 6.45) is 1.93. The van der Waals surface area contributed by atoms with Gasteiger partial charge in [0.25, 0.3) is 0 Å². The molecule has 7 heteroatoms. The lowest BCUT2D eigenvalue weighted by atomic mass is 10.1. The van der Waals surface area contributed by atoms with Crippen LogP contribution in [-0.4, -0.2) is 41.5 Å². The standard InChI is InChI=1S/C13H25N3O4/c1-4-5-6-9(13(19)20)16-10(17)7-15-12(18)11(14)8(2)3/h8-9,11H,4-7,14H2,1-3H3,(H,15,18)(H,16,17)(H,19,20)/t9?,11-/m0/s1. The first-order chi connectivity index (χ1) is 9.29. The number of hydrogen-bond donors (Lipinski definition) is 4. The van der Waals surface area contributed by atoms with Crippen molar-refractivity contribution in [3.05, 3.63) is 0 Å². The zero-order chi connectivity index (χ0) is 15.7. The predicted molar refractivity (Wildman–Crippen MR) is 74.9 cm³/mol. The molecule has 0 aromatic carbocycles. The first kappa shape index (κ1) is 18.4. The largest absolute Gasteiger partial charge is 0.480 e. The fourth-order valence-corrected chi connectivity index (χ4v) is 1.50. The molecule has 0 aliphatic heterocycles. The van der Waals surface area contributed by atoms with E-state index in [-0.39, 0.29) is 12.5 Å². The minimum Gasteiger partial charge on any atom is -0.480 e. The lowest BCUT2D eigenvalue weighted by Crippen LogP contribution is -2.49. The summed E-state index contributed by atoms with van der Waals surface area (Å²) >= 11 is 0. The molecular formula is C13H25N3O4. The monoisotopic (exact) mass is 287 g/mol. The van der Waals surface area contributed by atoms with Crippen LogP contribution in [0.1, 0.15) is 40.0 Å². The number of amides is 2. The molecule has 0 heterocycles. The molecule has 0 radical (unpaired) electrons. The summed E-state index contributed by atoms with van der Waals surface area (Å²) in [6, 6.07) is -1.60. The highest BCUT2D eigenvalue weighted by Gasteiger charge is 2.21. The average molecular weight is 287 g/mol. The average Bonchev–Trinajstić information content (AvgIpc) is 2.39. The second-order valence-electron chi connectivity index (χ2n) is 5.09. The SMILES string of the molecule is CCCCC(NC(=O)CNC(=O)[C@@H](N)C(C)C)C(=O)O. The molecular weight excluding hydrogens is 262 g/mol. The van der Waals surface area contributed by atoms with E-state index in [1.807, 2.05) is 6.92 Å². The maximum Gasteiger partial charge on any atom is 0.326 e. The number of carboxylic acids is 1. The zero-order valence-corrected chi connectivity index (χ0v) is 12.3. The van der Waals surface area contributed by atoms with Crippen LogP contribution in [-0.2, 0) is 14.4 Å². The summed E-state index contributed by atoms with van der Waals surface area (Å²) in [7, 11) is 0. The van der Waals surface area contributed by atoms with E-state index in [1.54, 1.807) is 13.8 Å². The molecule has 0 aromatic heterocycles. The summed E-state index contributed by atoms with van der Waals surface area (Å²) in [5.74, 6) is -2.06. The molecule has 0 rings (SSSR count). The van der Waals surface area contributed by atoms with E-state index < -0.39 is 29.9 Å². The topological polar surface area (TPSA) is 122 Å². The smallest absolute Gasteiger partial charge is 0.326 e. The van der Waals surface area contributed by atoms with Crippen molar-refractivity contribution in [1.29, 1.82) is 0 Å². The van der Waals surface area contributed by atoms with Crippen molar-refractivity contribution in [1.82, 2.24) is 10.6 Å². The number of hydrogen-bond acceptors (Lipinski definition) is 4. The number of nitrogens with two attached hydrogens (primary N) is 1. The molecule has 2 atom stereocenters. The van der Waals surface area contributed by atoms with Crippen molar-refractivity contribution >= 4 is 17.8 Å². The molecule has 1 unspecified atom stereocenters. The fourth-order valence-electron chi connectivity index (χ4n) is 1.50. The molecule has 20 heavy (non-hydrogen) atoms. The second kappa shape index (κ2) is 9.30. The molecule has 0 aliphatic carbocycles.